The topological polar surface area (TPSA) is 89.1 Å². The molecule has 2 aromatic heterocycles. The van der Waals surface area contributed by atoms with Gasteiger partial charge in [-0.05, 0) is 35.9 Å². The molecule has 3 aromatic rings. The normalized spacial score (nSPS) is 10.7. The summed E-state index contributed by atoms with van der Waals surface area (Å²) in [5, 5.41) is 9.88. The number of carboxylic acid groups (broad SMARTS) is 1. The first-order valence-electron chi connectivity index (χ1n) is 6.46. The first-order valence-corrected chi connectivity index (χ1v) is 6.46. The van der Waals surface area contributed by atoms with Crippen molar-refractivity contribution >= 4 is 22.6 Å². The second-order valence-corrected chi connectivity index (χ2v) is 4.73. The first kappa shape index (κ1) is 13.1. The van der Waals surface area contributed by atoms with Gasteiger partial charge in [0.1, 0.15) is 0 Å². The molecule has 0 saturated heterocycles. The summed E-state index contributed by atoms with van der Waals surface area (Å²) in [6.07, 6.45) is 1.61. The summed E-state index contributed by atoms with van der Waals surface area (Å²) in [4.78, 5) is 19.9. The van der Waals surface area contributed by atoms with E-state index in [1.165, 1.54) is 0 Å². The zero-order valence-corrected chi connectivity index (χ0v) is 11.2. The monoisotopic (exact) mass is 279 g/mol. The van der Waals surface area contributed by atoms with E-state index in [0.29, 0.717) is 28.2 Å². The van der Waals surface area contributed by atoms with E-state index >= 15 is 0 Å². The second-order valence-electron chi connectivity index (χ2n) is 4.73. The maximum atomic E-state index is 11.1. The number of pyridine rings is 2. The van der Waals surface area contributed by atoms with Crippen molar-refractivity contribution in [2.24, 2.45) is 0 Å². The van der Waals surface area contributed by atoms with Gasteiger partial charge in [0.15, 0.2) is 0 Å². The molecule has 104 valence electrons. The number of carboxylic acids is 1. The Morgan fingerprint density at radius 1 is 1.14 bits per heavy atom. The van der Waals surface area contributed by atoms with Gasteiger partial charge in [-0.15, -0.1) is 0 Å². The number of nitrogen functional groups attached to an aromatic ring is 1. The fraction of sp³-hybridized carbons (Fsp3) is 0.0625. The van der Waals surface area contributed by atoms with Gasteiger partial charge in [-0.1, -0.05) is 12.1 Å². The van der Waals surface area contributed by atoms with E-state index < -0.39 is 5.97 Å². The van der Waals surface area contributed by atoms with E-state index in [2.05, 4.69) is 9.97 Å². The highest BCUT2D eigenvalue weighted by Crippen LogP contribution is 2.25. The second kappa shape index (κ2) is 5.20. The third-order valence-corrected chi connectivity index (χ3v) is 3.19. The van der Waals surface area contributed by atoms with Gasteiger partial charge in [-0.2, -0.15) is 0 Å². The Morgan fingerprint density at radius 2 is 2.00 bits per heavy atom. The van der Waals surface area contributed by atoms with Crippen LogP contribution in [0.5, 0.6) is 0 Å². The molecule has 0 unspecified atom stereocenters. The van der Waals surface area contributed by atoms with Gasteiger partial charge in [0, 0.05) is 17.3 Å². The van der Waals surface area contributed by atoms with Crippen molar-refractivity contribution in [2.45, 2.75) is 6.42 Å². The Bertz CT molecular complexity index is 816. The molecule has 2 heterocycles. The lowest BCUT2D eigenvalue weighted by Crippen LogP contribution is -2.02. The number of hydrogen-bond donors (Lipinski definition) is 2. The zero-order valence-electron chi connectivity index (χ0n) is 11.2. The summed E-state index contributed by atoms with van der Waals surface area (Å²) < 4.78 is 0. The van der Waals surface area contributed by atoms with E-state index in [1.807, 2.05) is 18.2 Å². The molecule has 1 aromatic carbocycles. The number of aliphatic carboxylic acids is 1. The molecule has 0 spiro atoms. The summed E-state index contributed by atoms with van der Waals surface area (Å²) in [7, 11) is 0. The van der Waals surface area contributed by atoms with E-state index in [0.717, 1.165) is 5.39 Å². The first-order chi connectivity index (χ1) is 10.1. The number of nitrogens with two attached hydrogens (primary N) is 1. The van der Waals surface area contributed by atoms with Crippen molar-refractivity contribution in [3.8, 4) is 11.4 Å². The Labute approximate surface area is 121 Å². The maximum absolute atomic E-state index is 11.1. The quantitative estimate of drug-likeness (QED) is 0.719. The number of anilines is 1. The third-order valence-electron chi connectivity index (χ3n) is 3.19. The maximum Gasteiger partial charge on any atom is 0.307 e. The van der Waals surface area contributed by atoms with Crippen LogP contribution < -0.4 is 5.73 Å². The Hall–Kier alpha value is -2.95. The van der Waals surface area contributed by atoms with Gasteiger partial charge in [-0.25, -0.2) is 4.98 Å². The van der Waals surface area contributed by atoms with Gasteiger partial charge in [0.2, 0.25) is 0 Å². The van der Waals surface area contributed by atoms with E-state index in [1.54, 1.807) is 30.5 Å². The SMILES string of the molecule is Nc1ccc2c(CC(=O)O)cc(-c3ccccn3)nc2c1. The Balaban J connectivity index is 2.25. The number of carbonyl (C=O) groups is 1. The molecule has 0 radical (unpaired) electrons. The summed E-state index contributed by atoms with van der Waals surface area (Å²) >= 11 is 0. The van der Waals surface area contributed by atoms with Crippen molar-refractivity contribution < 1.29 is 9.90 Å². The lowest BCUT2D eigenvalue weighted by Gasteiger charge is -2.08. The van der Waals surface area contributed by atoms with Crippen LogP contribution >= 0.6 is 0 Å². The van der Waals surface area contributed by atoms with E-state index in [-0.39, 0.29) is 6.42 Å². The Morgan fingerprint density at radius 3 is 2.71 bits per heavy atom. The summed E-state index contributed by atoms with van der Waals surface area (Å²) in [5.41, 5.74) is 9.11. The van der Waals surface area contributed by atoms with Crippen LogP contribution in [0.4, 0.5) is 5.69 Å². The highest BCUT2D eigenvalue weighted by Gasteiger charge is 2.11. The van der Waals surface area contributed by atoms with Crippen molar-refractivity contribution in [1.82, 2.24) is 9.97 Å². The van der Waals surface area contributed by atoms with E-state index in [9.17, 15) is 4.79 Å². The molecule has 0 aliphatic carbocycles. The van der Waals surface area contributed by atoms with Crippen LogP contribution in [0.25, 0.3) is 22.3 Å². The number of rotatable bonds is 3. The molecule has 0 aliphatic rings. The molecule has 0 aliphatic heterocycles. The lowest BCUT2D eigenvalue weighted by molar-refractivity contribution is -0.136. The highest BCUT2D eigenvalue weighted by molar-refractivity contribution is 5.89. The van der Waals surface area contributed by atoms with Crippen molar-refractivity contribution in [3.05, 3.63) is 54.2 Å². The van der Waals surface area contributed by atoms with Crippen LogP contribution in [0.1, 0.15) is 5.56 Å². The summed E-state index contributed by atoms with van der Waals surface area (Å²) in [5.74, 6) is -0.883. The molecular formula is C16H13N3O2. The number of nitrogens with zero attached hydrogens (tertiary/aromatic N) is 2. The number of aromatic nitrogens is 2. The molecule has 21 heavy (non-hydrogen) atoms. The predicted molar refractivity (Wildman–Crippen MR) is 80.7 cm³/mol. The predicted octanol–water partition coefficient (Wildman–Crippen LogP) is 2.51. The fourth-order valence-corrected chi connectivity index (χ4v) is 2.27. The minimum Gasteiger partial charge on any atom is -0.481 e. The van der Waals surface area contributed by atoms with Crippen LogP contribution in [0, 0.1) is 0 Å². The van der Waals surface area contributed by atoms with Crippen LogP contribution in [0.15, 0.2) is 48.7 Å². The molecular weight excluding hydrogens is 266 g/mol. The molecule has 0 saturated carbocycles. The molecule has 3 N–H and O–H groups in total. The van der Waals surface area contributed by atoms with Crippen LogP contribution in [0.3, 0.4) is 0 Å². The lowest BCUT2D eigenvalue weighted by atomic mass is 10.0. The smallest absolute Gasteiger partial charge is 0.307 e. The van der Waals surface area contributed by atoms with Gasteiger partial charge < -0.3 is 10.8 Å². The number of benzene rings is 1. The van der Waals surface area contributed by atoms with Crippen LogP contribution in [-0.4, -0.2) is 21.0 Å². The fourth-order valence-electron chi connectivity index (χ4n) is 2.27. The average molecular weight is 279 g/mol. The molecule has 0 amide bonds. The van der Waals surface area contributed by atoms with Gasteiger partial charge in [0.05, 0.1) is 23.3 Å². The highest BCUT2D eigenvalue weighted by atomic mass is 16.4. The molecule has 5 nitrogen and oxygen atoms in total. The molecule has 0 bridgehead atoms. The minimum absolute atomic E-state index is 0.0667. The molecule has 0 fully saturated rings. The third kappa shape index (κ3) is 2.67. The number of hydrogen-bond acceptors (Lipinski definition) is 4. The summed E-state index contributed by atoms with van der Waals surface area (Å²) in [6.45, 7) is 0. The molecule has 5 heteroatoms. The van der Waals surface area contributed by atoms with Crippen molar-refractivity contribution in [2.75, 3.05) is 5.73 Å². The zero-order chi connectivity index (χ0) is 14.8. The van der Waals surface area contributed by atoms with Crippen LogP contribution in [0.2, 0.25) is 0 Å². The molecule has 3 rings (SSSR count). The molecule has 0 atom stereocenters. The van der Waals surface area contributed by atoms with Crippen molar-refractivity contribution in [3.63, 3.8) is 0 Å². The minimum atomic E-state index is -0.883. The summed E-state index contributed by atoms with van der Waals surface area (Å²) in [6, 6.07) is 12.6. The van der Waals surface area contributed by atoms with Gasteiger partial charge in [-0.3, -0.25) is 9.78 Å². The standard InChI is InChI=1S/C16H13N3O2/c17-11-4-5-12-10(8-16(20)21)7-15(19-14(12)9-11)13-3-1-2-6-18-13/h1-7,9H,8,17H2,(H,20,21). The average Bonchev–Trinajstić information content (AvgIpc) is 2.47. The largest absolute Gasteiger partial charge is 0.481 e. The van der Waals surface area contributed by atoms with Gasteiger partial charge in [0.25, 0.3) is 0 Å². The van der Waals surface area contributed by atoms with Crippen molar-refractivity contribution in [1.29, 1.82) is 0 Å². The van der Waals surface area contributed by atoms with E-state index in [4.69, 9.17) is 10.8 Å². The Kier molecular flexibility index (Phi) is 3.23. The van der Waals surface area contributed by atoms with Crippen LogP contribution in [-0.2, 0) is 11.2 Å². The van der Waals surface area contributed by atoms with Gasteiger partial charge >= 0.3 is 5.97 Å². The number of fused-ring (bicyclic) bond motifs is 1.